The van der Waals surface area contributed by atoms with E-state index in [1.54, 1.807) is 12.1 Å². The number of nitrogens with zero attached hydrogens (tertiary/aromatic N) is 1. The molecule has 1 rings (SSSR count). The van der Waals surface area contributed by atoms with Gasteiger partial charge in [-0.1, -0.05) is 89.9 Å². The molecule has 1 unspecified atom stereocenters. The second-order valence-electron chi connectivity index (χ2n) is 12.9. The van der Waals surface area contributed by atoms with E-state index < -0.39 is 18.1 Å². The molecule has 0 saturated carbocycles. The molecule has 47 heavy (non-hydrogen) atoms. The van der Waals surface area contributed by atoms with Gasteiger partial charge in [0.25, 0.3) is 5.69 Å². The minimum Gasteiger partial charge on any atom is -0.480 e. The highest BCUT2D eigenvalue weighted by Crippen LogP contribution is 2.16. The Bertz CT molecular complexity index is 991. The zero-order valence-corrected chi connectivity index (χ0v) is 28.7. The van der Waals surface area contributed by atoms with Gasteiger partial charge in [0.1, 0.15) is 11.8 Å². The van der Waals surface area contributed by atoms with Crippen molar-refractivity contribution in [2.45, 2.75) is 160 Å². The van der Waals surface area contributed by atoms with Gasteiger partial charge in [0, 0.05) is 43.8 Å². The van der Waals surface area contributed by atoms with Crippen molar-refractivity contribution in [2.75, 3.05) is 18.4 Å². The third-order valence-electron chi connectivity index (χ3n) is 8.67. The van der Waals surface area contributed by atoms with Gasteiger partial charge >= 0.3 is 5.97 Å². The largest absolute Gasteiger partial charge is 0.480 e. The Morgan fingerprint density at radius 3 is 1.60 bits per heavy atom. The van der Waals surface area contributed by atoms with Gasteiger partial charge in [0.15, 0.2) is 0 Å². The minimum absolute atomic E-state index is 0.0605. The van der Waals surface area contributed by atoms with E-state index in [2.05, 4.69) is 10.6 Å². The molecular weight excluding hydrogens is 598 g/mol. The van der Waals surface area contributed by atoms with Crippen molar-refractivity contribution in [1.82, 2.24) is 5.32 Å². The lowest BCUT2D eigenvalue weighted by Crippen LogP contribution is -2.33. The smallest absolute Gasteiger partial charge is 0.320 e. The van der Waals surface area contributed by atoms with E-state index in [1.807, 2.05) is 0 Å². The molecule has 1 amide bonds. The van der Waals surface area contributed by atoms with Crippen LogP contribution in [0.4, 0.5) is 11.4 Å². The quantitative estimate of drug-likeness (QED) is 0.0297. The van der Waals surface area contributed by atoms with Gasteiger partial charge in [-0.2, -0.15) is 0 Å². The first kappa shape index (κ1) is 42.0. The SMILES string of the molecule is NC(CCC[C@H](N)C(=O)O)C(=O)CCCCCCCCCCCNC(=O)CCCCCCCCCCCNc1ccc([N+](=O)[O-])cc1. The lowest BCUT2D eigenvalue weighted by molar-refractivity contribution is -0.384. The van der Waals surface area contributed by atoms with Crippen LogP contribution in [0, 0.1) is 10.1 Å². The molecule has 11 heteroatoms. The predicted octanol–water partition coefficient (Wildman–Crippen LogP) is 7.40. The molecule has 0 heterocycles. The predicted molar refractivity (Wildman–Crippen MR) is 189 cm³/mol. The van der Waals surface area contributed by atoms with Crippen molar-refractivity contribution in [2.24, 2.45) is 11.5 Å². The van der Waals surface area contributed by atoms with Crippen LogP contribution < -0.4 is 22.1 Å². The van der Waals surface area contributed by atoms with E-state index in [1.165, 1.54) is 76.3 Å². The Morgan fingerprint density at radius 1 is 0.638 bits per heavy atom. The fraction of sp³-hybridized carbons (Fsp3) is 0.750. The van der Waals surface area contributed by atoms with Gasteiger partial charge in [-0.05, 0) is 57.1 Å². The third-order valence-corrected chi connectivity index (χ3v) is 8.67. The minimum atomic E-state index is -1.02. The van der Waals surface area contributed by atoms with E-state index in [0.29, 0.717) is 32.1 Å². The highest BCUT2D eigenvalue weighted by Gasteiger charge is 2.15. The fourth-order valence-corrected chi connectivity index (χ4v) is 5.59. The number of unbranched alkanes of at least 4 members (excludes halogenated alkanes) is 16. The number of nitro groups is 1. The molecule has 0 spiro atoms. The Balaban J connectivity index is 1.79. The highest BCUT2D eigenvalue weighted by atomic mass is 16.6. The number of carboxylic acid groups (broad SMARTS) is 1. The number of Topliss-reactive ketones (excluding diaryl/α,β-unsaturated/α-hetero) is 1. The van der Waals surface area contributed by atoms with Crippen LogP contribution in [0.5, 0.6) is 0 Å². The van der Waals surface area contributed by atoms with E-state index in [4.69, 9.17) is 16.6 Å². The number of hydrogen-bond donors (Lipinski definition) is 5. The Labute approximate surface area is 282 Å². The molecular formula is C36H63N5O6. The van der Waals surface area contributed by atoms with Crippen LogP contribution in [0.2, 0.25) is 0 Å². The summed E-state index contributed by atoms with van der Waals surface area (Å²) in [5.74, 6) is -0.784. The third kappa shape index (κ3) is 23.9. The first-order chi connectivity index (χ1) is 22.7. The maximum atomic E-state index is 12.1. The number of carboxylic acids is 1. The maximum Gasteiger partial charge on any atom is 0.320 e. The topological polar surface area (TPSA) is 191 Å². The van der Waals surface area contributed by atoms with Crippen LogP contribution in [0.15, 0.2) is 24.3 Å². The Hall–Kier alpha value is -3.05. The number of non-ortho nitro benzene ring substituents is 1. The lowest BCUT2D eigenvalue weighted by Gasteiger charge is -2.11. The number of ketones is 1. The highest BCUT2D eigenvalue weighted by molar-refractivity contribution is 5.83. The number of carbonyl (C=O) groups is 3. The zero-order valence-electron chi connectivity index (χ0n) is 28.7. The Morgan fingerprint density at radius 2 is 1.09 bits per heavy atom. The maximum absolute atomic E-state index is 12.1. The van der Waals surface area contributed by atoms with Crippen LogP contribution in [-0.4, -0.2) is 52.9 Å². The van der Waals surface area contributed by atoms with Crippen molar-refractivity contribution in [3.05, 3.63) is 34.4 Å². The van der Waals surface area contributed by atoms with E-state index in [0.717, 1.165) is 70.1 Å². The first-order valence-corrected chi connectivity index (χ1v) is 18.2. The van der Waals surface area contributed by atoms with Crippen LogP contribution >= 0.6 is 0 Å². The van der Waals surface area contributed by atoms with Gasteiger partial charge in [-0.25, -0.2) is 0 Å². The summed E-state index contributed by atoms with van der Waals surface area (Å²) in [4.78, 5) is 45.2. The number of benzene rings is 1. The average molecular weight is 662 g/mol. The summed E-state index contributed by atoms with van der Waals surface area (Å²) in [6.45, 7) is 1.65. The summed E-state index contributed by atoms with van der Waals surface area (Å²) < 4.78 is 0. The number of carbonyl (C=O) groups excluding carboxylic acids is 2. The molecule has 0 aromatic heterocycles. The molecule has 0 bridgehead atoms. The second-order valence-corrected chi connectivity index (χ2v) is 12.9. The van der Waals surface area contributed by atoms with Crippen molar-refractivity contribution in [1.29, 1.82) is 0 Å². The fourth-order valence-electron chi connectivity index (χ4n) is 5.59. The molecule has 0 fully saturated rings. The molecule has 2 atom stereocenters. The number of rotatable bonds is 32. The summed E-state index contributed by atoms with van der Waals surface area (Å²) in [6, 6.07) is 5.15. The van der Waals surface area contributed by atoms with Gasteiger partial charge < -0.3 is 27.2 Å². The van der Waals surface area contributed by atoms with Crippen LogP contribution in [0.3, 0.4) is 0 Å². The number of anilines is 1. The Kier molecular flexibility index (Phi) is 25.0. The van der Waals surface area contributed by atoms with Crippen molar-refractivity contribution in [3.8, 4) is 0 Å². The van der Waals surface area contributed by atoms with Crippen LogP contribution in [0.25, 0.3) is 0 Å². The summed E-state index contributed by atoms with van der Waals surface area (Å²) >= 11 is 0. The van der Waals surface area contributed by atoms with Gasteiger partial charge in [-0.15, -0.1) is 0 Å². The van der Waals surface area contributed by atoms with E-state index >= 15 is 0 Å². The molecule has 11 nitrogen and oxygen atoms in total. The second kappa shape index (κ2) is 28.0. The molecule has 7 N–H and O–H groups in total. The molecule has 0 aliphatic heterocycles. The molecule has 0 saturated heterocycles. The molecule has 0 radical (unpaired) electrons. The molecule has 1 aromatic carbocycles. The van der Waals surface area contributed by atoms with Crippen molar-refractivity contribution < 1.29 is 24.4 Å². The van der Waals surface area contributed by atoms with Gasteiger partial charge in [-0.3, -0.25) is 24.5 Å². The molecule has 0 aliphatic carbocycles. The number of nitrogens with one attached hydrogen (secondary N) is 2. The van der Waals surface area contributed by atoms with Crippen molar-refractivity contribution >= 4 is 29.0 Å². The number of aliphatic carboxylic acids is 1. The summed E-state index contributed by atoms with van der Waals surface area (Å²) in [6.07, 6.45) is 22.9. The van der Waals surface area contributed by atoms with Crippen LogP contribution in [-0.2, 0) is 14.4 Å². The first-order valence-electron chi connectivity index (χ1n) is 18.2. The van der Waals surface area contributed by atoms with Gasteiger partial charge in [0.2, 0.25) is 5.91 Å². The number of amides is 1. The molecule has 0 aliphatic rings. The monoisotopic (exact) mass is 661 g/mol. The van der Waals surface area contributed by atoms with Crippen LogP contribution in [0.1, 0.15) is 148 Å². The van der Waals surface area contributed by atoms with E-state index in [-0.39, 0.29) is 22.3 Å². The number of nitrogens with two attached hydrogens (primary N) is 2. The normalized spacial score (nSPS) is 12.4. The standard InChI is InChI=1S/C36H63N5O6/c37-32(20-19-21-33(38)36(44)45)34(42)22-15-11-7-3-1-6-10-14-18-29-40-35(43)23-16-12-8-4-2-5-9-13-17-28-39-30-24-26-31(27-25-30)41(46)47/h24-27,32-33,39H,1-23,28-29,37-38H2,(H,40,43)(H,44,45)/t32?,33-/m0/s1. The zero-order chi connectivity index (χ0) is 34.5. The summed E-state index contributed by atoms with van der Waals surface area (Å²) in [5, 5.41) is 25.9. The lowest BCUT2D eigenvalue weighted by atomic mass is 9.99. The number of hydrogen-bond acceptors (Lipinski definition) is 8. The average Bonchev–Trinajstić information content (AvgIpc) is 3.05. The van der Waals surface area contributed by atoms with E-state index in [9.17, 15) is 24.5 Å². The summed E-state index contributed by atoms with van der Waals surface area (Å²) in [5.41, 5.74) is 12.4. The van der Waals surface area contributed by atoms with Gasteiger partial charge in [0.05, 0.1) is 11.0 Å². The van der Waals surface area contributed by atoms with Crippen molar-refractivity contribution in [3.63, 3.8) is 0 Å². The molecule has 268 valence electrons. The number of nitro benzene ring substituents is 1. The summed E-state index contributed by atoms with van der Waals surface area (Å²) in [7, 11) is 0. The molecule has 1 aromatic rings.